The molecule has 0 aliphatic rings. The van der Waals surface area contributed by atoms with E-state index in [1.807, 2.05) is 12.1 Å². The van der Waals surface area contributed by atoms with Gasteiger partial charge in [0, 0.05) is 6.20 Å². The number of nitrogens with zero attached hydrogens (tertiary/aromatic N) is 4. The summed E-state index contributed by atoms with van der Waals surface area (Å²) in [4.78, 5) is 8.04. The molecule has 0 amide bonds. The number of pyridine rings is 1. The summed E-state index contributed by atoms with van der Waals surface area (Å²) in [6, 6.07) is 5.47. The number of hydrogen-bond donors (Lipinski definition) is 0. The molecule has 0 fully saturated rings. The average Bonchev–Trinajstić information content (AvgIpc) is 2.19. The summed E-state index contributed by atoms with van der Waals surface area (Å²) in [7, 11) is 0. The SMILES string of the molecule is Clc1cnnc(-c2ccccn2)n1. The summed E-state index contributed by atoms with van der Waals surface area (Å²) >= 11 is 5.65. The first-order chi connectivity index (χ1) is 6.36. The Morgan fingerprint density at radius 2 is 2.15 bits per heavy atom. The van der Waals surface area contributed by atoms with Crippen molar-refractivity contribution in [3.05, 3.63) is 35.7 Å². The van der Waals surface area contributed by atoms with E-state index in [0.29, 0.717) is 16.7 Å². The largest absolute Gasteiger partial charge is 0.253 e. The van der Waals surface area contributed by atoms with Crippen molar-refractivity contribution in [2.75, 3.05) is 0 Å². The molecule has 13 heavy (non-hydrogen) atoms. The normalized spacial score (nSPS) is 9.92. The monoisotopic (exact) mass is 192 g/mol. The lowest BCUT2D eigenvalue weighted by Gasteiger charge is -1.96. The second-order valence-corrected chi connectivity index (χ2v) is 2.70. The maximum atomic E-state index is 5.65. The van der Waals surface area contributed by atoms with Crippen molar-refractivity contribution in [1.29, 1.82) is 0 Å². The standard InChI is InChI=1S/C8H5ClN4/c9-7-5-11-13-8(12-7)6-3-1-2-4-10-6/h1-5H. The van der Waals surface area contributed by atoms with Crippen molar-refractivity contribution in [2.24, 2.45) is 0 Å². The first kappa shape index (κ1) is 8.07. The fourth-order valence-electron chi connectivity index (χ4n) is 0.887. The number of rotatable bonds is 1. The Balaban J connectivity index is 2.48. The number of halogens is 1. The van der Waals surface area contributed by atoms with Crippen LogP contribution in [0.25, 0.3) is 11.5 Å². The van der Waals surface area contributed by atoms with Gasteiger partial charge in [-0.25, -0.2) is 4.98 Å². The van der Waals surface area contributed by atoms with Gasteiger partial charge in [0.15, 0.2) is 5.15 Å². The van der Waals surface area contributed by atoms with E-state index in [0.717, 1.165) is 0 Å². The molecule has 0 aliphatic carbocycles. The zero-order valence-electron chi connectivity index (χ0n) is 6.55. The zero-order valence-corrected chi connectivity index (χ0v) is 7.31. The molecule has 5 heteroatoms. The second kappa shape index (κ2) is 3.45. The van der Waals surface area contributed by atoms with Gasteiger partial charge in [-0.15, -0.1) is 5.10 Å². The Morgan fingerprint density at radius 1 is 1.23 bits per heavy atom. The fraction of sp³-hybridized carbons (Fsp3) is 0. The molecule has 0 aliphatic heterocycles. The Kier molecular flexibility index (Phi) is 2.14. The summed E-state index contributed by atoms with van der Waals surface area (Å²) < 4.78 is 0. The second-order valence-electron chi connectivity index (χ2n) is 2.32. The van der Waals surface area contributed by atoms with Gasteiger partial charge < -0.3 is 0 Å². The van der Waals surface area contributed by atoms with Crippen LogP contribution in [0.4, 0.5) is 0 Å². The van der Waals surface area contributed by atoms with Crippen LogP contribution in [0.5, 0.6) is 0 Å². The third kappa shape index (κ3) is 1.78. The topological polar surface area (TPSA) is 51.6 Å². The molecule has 0 spiro atoms. The van der Waals surface area contributed by atoms with E-state index in [-0.39, 0.29) is 0 Å². The Hall–Kier alpha value is -1.55. The molecule has 2 heterocycles. The molecule has 4 nitrogen and oxygen atoms in total. The molecular formula is C8H5ClN4. The minimum atomic E-state index is 0.315. The summed E-state index contributed by atoms with van der Waals surface area (Å²) in [6.07, 6.45) is 3.05. The molecule has 0 bridgehead atoms. The molecule has 0 saturated carbocycles. The summed E-state index contributed by atoms with van der Waals surface area (Å²) in [6.45, 7) is 0. The fourth-order valence-corrected chi connectivity index (χ4v) is 1.01. The van der Waals surface area contributed by atoms with Gasteiger partial charge >= 0.3 is 0 Å². The highest BCUT2D eigenvalue weighted by molar-refractivity contribution is 6.29. The van der Waals surface area contributed by atoms with Gasteiger partial charge in [-0.2, -0.15) is 5.10 Å². The van der Waals surface area contributed by atoms with Crippen molar-refractivity contribution in [1.82, 2.24) is 20.2 Å². The summed E-state index contributed by atoms with van der Waals surface area (Å²) in [5, 5.41) is 7.79. The van der Waals surface area contributed by atoms with Crippen LogP contribution < -0.4 is 0 Å². The van der Waals surface area contributed by atoms with Gasteiger partial charge in [0.25, 0.3) is 0 Å². The predicted molar refractivity (Wildman–Crippen MR) is 48.1 cm³/mol. The van der Waals surface area contributed by atoms with E-state index in [4.69, 9.17) is 11.6 Å². The summed E-state index contributed by atoms with van der Waals surface area (Å²) in [5.41, 5.74) is 0.664. The molecule has 2 aromatic rings. The zero-order chi connectivity index (χ0) is 9.10. The Morgan fingerprint density at radius 3 is 2.85 bits per heavy atom. The highest BCUT2D eigenvalue weighted by atomic mass is 35.5. The maximum Gasteiger partial charge on any atom is 0.201 e. The average molecular weight is 193 g/mol. The van der Waals surface area contributed by atoms with E-state index in [2.05, 4.69) is 20.2 Å². The maximum absolute atomic E-state index is 5.65. The van der Waals surface area contributed by atoms with E-state index in [1.165, 1.54) is 6.20 Å². The molecule has 2 rings (SSSR count). The van der Waals surface area contributed by atoms with Crippen molar-refractivity contribution in [3.63, 3.8) is 0 Å². The van der Waals surface area contributed by atoms with Gasteiger partial charge in [0.2, 0.25) is 5.82 Å². The third-order valence-electron chi connectivity index (χ3n) is 1.42. The van der Waals surface area contributed by atoms with E-state index < -0.39 is 0 Å². The van der Waals surface area contributed by atoms with Crippen molar-refractivity contribution in [2.45, 2.75) is 0 Å². The summed E-state index contributed by atoms with van der Waals surface area (Å²) in [5.74, 6) is 0.438. The van der Waals surface area contributed by atoms with Gasteiger partial charge in [0.1, 0.15) is 5.69 Å². The van der Waals surface area contributed by atoms with Crippen LogP contribution >= 0.6 is 11.6 Å². The molecule has 2 aromatic heterocycles. The minimum Gasteiger partial charge on any atom is -0.253 e. The Labute approximate surface area is 79.6 Å². The molecule has 0 unspecified atom stereocenters. The van der Waals surface area contributed by atoms with Crippen molar-refractivity contribution < 1.29 is 0 Å². The van der Waals surface area contributed by atoms with Gasteiger partial charge in [-0.05, 0) is 12.1 Å². The van der Waals surface area contributed by atoms with E-state index >= 15 is 0 Å². The van der Waals surface area contributed by atoms with Gasteiger partial charge in [0.05, 0.1) is 6.20 Å². The minimum absolute atomic E-state index is 0.315. The highest BCUT2D eigenvalue weighted by Crippen LogP contribution is 2.11. The van der Waals surface area contributed by atoms with Crippen molar-refractivity contribution >= 4 is 11.6 Å². The lowest BCUT2D eigenvalue weighted by molar-refractivity contribution is 0.970. The predicted octanol–water partition coefficient (Wildman–Crippen LogP) is 1.59. The van der Waals surface area contributed by atoms with E-state index in [9.17, 15) is 0 Å². The van der Waals surface area contributed by atoms with Crippen LogP contribution in [0.2, 0.25) is 5.15 Å². The number of aromatic nitrogens is 4. The molecule has 0 saturated heterocycles. The number of hydrogen-bond acceptors (Lipinski definition) is 4. The molecule has 0 radical (unpaired) electrons. The molecule has 0 atom stereocenters. The molecule has 64 valence electrons. The van der Waals surface area contributed by atoms with Crippen LogP contribution in [0.3, 0.4) is 0 Å². The quantitative estimate of drug-likeness (QED) is 0.689. The Bertz CT molecular complexity index is 404. The highest BCUT2D eigenvalue weighted by Gasteiger charge is 2.01. The molecule has 0 N–H and O–H groups in total. The van der Waals surface area contributed by atoms with Crippen LogP contribution in [0, 0.1) is 0 Å². The first-order valence-electron chi connectivity index (χ1n) is 3.63. The molecule has 0 aromatic carbocycles. The van der Waals surface area contributed by atoms with Crippen LogP contribution in [-0.2, 0) is 0 Å². The van der Waals surface area contributed by atoms with Crippen LogP contribution in [0.1, 0.15) is 0 Å². The van der Waals surface area contributed by atoms with Gasteiger partial charge in [-0.3, -0.25) is 4.98 Å². The van der Waals surface area contributed by atoms with E-state index in [1.54, 1.807) is 12.3 Å². The first-order valence-corrected chi connectivity index (χ1v) is 4.01. The smallest absolute Gasteiger partial charge is 0.201 e. The van der Waals surface area contributed by atoms with Gasteiger partial charge in [-0.1, -0.05) is 17.7 Å². The lowest BCUT2D eigenvalue weighted by Crippen LogP contribution is -1.93. The van der Waals surface area contributed by atoms with Crippen molar-refractivity contribution in [3.8, 4) is 11.5 Å². The van der Waals surface area contributed by atoms with Crippen LogP contribution in [0.15, 0.2) is 30.6 Å². The lowest BCUT2D eigenvalue weighted by atomic mass is 10.3. The molecular weight excluding hydrogens is 188 g/mol. The third-order valence-corrected chi connectivity index (χ3v) is 1.61. The van der Waals surface area contributed by atoms with Crippen LogP contribution in [-0.4, -0.2) is 20.2 Å².